The number of phosphoric ester groups is 1. The third kappa shape index (κ3) is 6.78. The van der Waals surface area contributed by atoms with Crippen molar-refractivity contribution in [2.45, 2.75) is 31.5 Å². The van der Waals surface area contributed by atoms with Crippen molar-refractivity contribution in [1.82, 2.24) is 0 Å². The van der Waals surface area contributed by atoms with E-state index in [9.17, 15) is 9.13 Å². The fourth-order valence-electron chi connectivity index (χ4n) is 2.74. The second kappa shape index (κ2) is 6.55. The summed E-state index contributed by atoms with van der Waals surface area (Å²) in [4.78, 5) is 35.7. The maximum absolute atomic E-state index is 11.2. The summed E-state index contributed by atoms with van der Waals surface area (Å²) in [5.74, 6) is -1.45. The van der Waals surface area contributed by atoms with Gasteiger partial charge in [0.05, 0.1) is 27.2 Å². The molecule has 20 heavy (non-hydrogen) atoms. The second-order valence-electron chi connectivity index (χ2n) is 6.07. The molecule has 1 saturated heterocycles. The maximum atomic E-state index is 11.2. The Bertz CT molecular complexity index is 416. The average molecular weight is 332 g/mol. The van der Waals surface area contributed by atoms with Crippen LogP contribution < -0.4 is 0 Å². The molecule has 0 bridgehead atoms. The highest BCUT2D eigenvalue weighted by atomic mass is 31.2. The lowest BCUT2D eigenvalue weighted by Crippen LogP contribution is -2.47. The molecular weight excluding hydrogens is 308 g/mol. The molecule has 8 nitrogen and oxygen atoms in total. The molecule has 1 aliphatic rings. The van der Waals surface area contributed by atoms with Crippen LogP contribution in [0.1, 0.15) is 25.7 Å². The molecule has 0 aromatic heterocycles. The number of quaternary nitrogens is 1. The van der Waals surface area contributed by atoms with Gasteiger partial charge < -0.3 is 24.1 Å². The number of hydrogen-bond donors (Lipinski definition) is 4. The first-order valence-electron chi connectivity index (χ1n) is 6.50. The zero-order valence-corrected chi connectivity index (χ0v) is 13.5. The molecule has 1 fully saturated rings. The Labute approximate surface area is 118 Å². The van der Waals surface area contributed by atoms with Gasteiger partial charge in [0.25, 0.3) is 0 Å². The molecule has 2 unspecified atom stereocenters. The second-order valence-corrected chi connectivity index (χ2v) is 9.01. The number of phosphoric acid groups is 1. The first kappa shape index (κ1) is 18.3. The Morgan fingerprint density at radius 2 is 1.85 bits per heavy atom. The van der Waals surface area contributed by atoms with E-state index in [0.717, 1.165) is 30.4 Å². The van der Waals surface area contributed by atoms with Crippen LogP contribution in [0.2, 0.25) is 0 Å². The van der Waals surface area contributed by atoms with Gasteiger partial charge in [-0.05, 0) is 25.7 Å². The van der Waals surface area contributed by atoms with Crippen LogP contribution in [-0.2, 0) is 13.7 Å². The maximum Gasteiger partial charge on any atom is 0.470 e. The van der Waals surface area contributed by atoms with Gasteiger partial charge >= 0.3 is 15.4 Å². The molecule has 0 spiro atoms. The van der Waals surface area contributed by atoms with Crippen LogP contribution in [0.15, 0.2) is 0 Å². The Hall–Kier alpha value is 0.220. The molecule has 2 atom stereocenters. The summed E-state index contributed by atoms with van der Waals surface area (Å²) in [5.41, 5.74) is 0. The van der Waals surface area contributed by atoms with Gasteiger partial charge in [-0.2, -0.15) is 0 Å². The third-order valence-electron chi connectivity index (χ3n) is 3.58. The van der Waals surface area contributed by atoms with Crippen LogP contribution in [0.3, 0.4) is 0 Å². The first-order valence-corrected chi connectivity index (χ1v) is 9.71. The lowest BCUT2D eigenvalue weighted by atomic mass is 9.92. The molecule has 1 aliphatic heterocycles. The molecule has 4 N–H and O–H groups in total. The zero-order valence-electron chi connectivity index (χ0n) is 11.8. The molecule has 0 aromatic rings. The minimum absolute atomic E-state index is 0.0555. The predicted molar refractivity (Wildman–Crippen MR) is 72.8 cm³/mol. The Morgan fingerprint density at radius 1 is 1.25 bits per heavy atom. The molecule has 1 rings (SSSR count). The summed E-state index contributed by atoms with van der Waals surface area (Å²) in [6, 6.07) is 0. The molecule has 1 heterocycles. The van der Waals surface area contributed by atoms with Crippen LogP contribution in [0.4, 0.5) is 0 Å². The van der Waals surface area contributed by atoms with Crippen LogP contribution in [0.25, 0.3) is 0 Å². The first-order chi connectivity index (χ1) is 8.89. The van der Waals surface area contributed by atoms with Crippen molar-refractivity contribution in [2.24, 2.45) is 5.92 Å². The summed E-state index contributed by atoms with van der Waals surface area (Å²) in [7, 11) is -5.41. The van der Waals surface area contributed by atoms with Gasteiger partial charge in [-0.15, -0.1) is 0 Å². The van der Waals surface area contributed by atoms with Gasteiger partial charge in [0.2, 0.25) is 0 Å². The quantitative estimate of drug-likeness (QED) is 0.420. The molecule has 10 heteroatoms. The molecule has 120 valence electrons. The predicted octanol–water partition coefficient (Wildman–Crippen LogP) is 0.866. The zero-order chi connectivity index (χ0) is 15.6. The van der Waals surface area contributed by atoms with E-state index in [1.807, 2.05) is 0 Å². The lowest BCUT2D eigenvalue weighted by molar-refractivity contribution is -0.898. The van der Waals surface area contributed by atoms with E-state index in [4.69, 9.17) is 19.6 Å². The lowest BCUT2D eigenvalue weighted by Gasteiger charge is -2.38. The van der Waals surface area contributed by atoms with Crippen molar-refractivity contribution >= 4 is 15.4 Å². The smallest absolute Gasteiger partial charge is 0.328 e. The summed E-state index contributed by atoms with van der Waals surface area (Å²) in [6.45, 7) is 1.96. The summed E-state index contributed by atoms with van der Waals surface area (Å²) < 4.78 is 27.1. The van der Waals surface area contributed by atoms with Crippen LogP contribution in [0.5, 0.6) is 0 Å². The normalized spacial score (nSPS) is 25.4. The number of nitrogens with zero attached hydrogens (tertiary/aromatic N) is 1. The van der Waals surface area contributed by atoms with Gasteiger partial charge in [-0.1, -0.05) is 0 Å². The monoisotopic (exact) mass is 332 g/mol. The molecule has 0 amide bonds. The average Bonchev–Trinajstić information content (AvgIpc) is 2.19. The summed E-state index contributed by atoms with van der Waals surface area (Å²) >= 11 is 0. The van der Waals surface area contributed by atoms with E-state index < -0.39 is 21.3 Å². The minimum atomic E-state index is -4.91. The Morgan fingerprint density at radius 3 is 2.30 bits per heavy atom. The van der Waals surface area contributed by atoms with Crippen molar-refractivity contribution < 1.29 is 37.7 Å². The number of likely N-dealkylation sites (tertiary alicyclic amines) is 1. The van der Waals surface area contributed by atoms with E-state index >= 15 is 0 Å². The summed E-state index contributed by atoms with van der Waals surface area (Å²) in [6.07, 6.45) is 2.43. The fraction of sp³-hybridized carbons (Fsp3) is 1.00. The largest absolute Gasteiger partial charge is 0.470 e. The van der Waals surface area contributed by atoms with Gasteiger partial charge in [0.15, 0.2) is 5.85 Å². The highest BCUT2D eigenvalue weighted by Crippen LogP contribution is 2.52. The van der Waals surface area contributed by atoms with Crippen LogP contribution >= 0.6 is 15.4 Å². The topological polar surface area (TPSA) is 124 Å². The highest BCUT2D eigenvalue weighted by molar-refractivity contribution is 7.53. The Kier molecular flexibility index (Phi) is 5.98. The van der Waals surface area contributed by atoms with Crippen molar-refractivity contribution in [3.63, 3.8) is 0 Å². The molecular formula is C10H24NO7P2+. The van der Waals surface area contributed by atoms with Gasteiger partial charge in [0.1, 0.15) is 0 Å². The van der Waals surface area contributed by atoms with Crippen molar-refractivity contribution in [3.05, 3.63) is 0 Å². The molecule has 0 radical (unpaired) electrons. The van der Waals surface area contributed by atoms with E-state index in [2.05, 4.69) is 18.6 Å². The minimum Gasteiger partial charge on any atom is -0.328 e. The standard InChI is InChI=1S/C10H23NO7P2/c1-11(2)7-3-4-9(8-11)5-6-10(19(12,13)14)18-20(15,16)17/h9-10H,3-8H2,1-2H3,(H3-,12,13,14,15,16,17)/p+1. The fourth-order valence-corrected chi connectivity index (χ4v) is 4.51. The van der Waals surface area contributed by atoms with E-state index in [-0.39, 0.29) is 12.3 Å². The van der Waals surface area contributed by atoms with Gasteiger partial charge in [0, 0.05) is 5.92 Å². The number of hydrogen-bond acceptors (Lipinski definition) is 3. The van der Waals surface area contributed by atoms with E-state index in [1.54, 1.807) is 0 Å². The number of rotatable bonds is 6. The van der Waals surface area contributed by atoms with Crippen LogP contribution in [0, 0.1) is 5.92 Å². The van der Waals surface area contributed by atoms with E-state index in [1.165, 1.54) is 0 Å². The molecule has 0 aromatic carbocycles. The highest BCUT2D eigenvalue weighted by Gasteiger charge is 2.37. The van der Waals surface area contributed by atoms with E-state index in [0.29, 0.717) is 6.42 Å². The van der Waals surface area contributed by atoms with Gasteiger partial charge in [-0.25, -0.2) is 4.57 Å². The molecule has 0 aliphatic carbocycles. The van der Waals surface area contributed by atoms with Crippen LogP contribution in [-0.4, -0.2) is 57.1 Å². The SMILES string of the molecule is C[N+]1(C)CCCC(CCC(OP(=O)(O)O)P(=O)(O)O)C1. The molecule has 0 saturated carbocycles. The summed E-state index contributed by atoms with van der Waals surface area (Å²) in [5, 5.41) is 0. The Balaban J connectivity index is 2.59. The third-order valence-corrected chi connectivity index (χ3v) is 5.39. The number of piperidine rings is 1. The van der Waals surface area contributed by atoms with Gasteiger partial charge in [-0.3, -0.25) is 9.09 Å². The van der Waals surface area contributed by atoms with Crippen molar-refractivity contribution in [3.8, 4) is 0 Å². The van der Waals surface area contributed by atoms with Crippen molar-refractivity contribution in [2.75, 3.05) is 27.2 Å². The van der Waals surface area contributed by atoms with Crippen molar-refractivity contribution in [1.29, 1.82) is 0 Å².